The Labute approximate surface area is 272 Å². The van der Waals surface area contributed by atoms with Crippen molar-refractivity contribution in [2.45, 2.75) is 71.4 Å². The van der Waals surface area contributed by atoms with Crippen molar-refractivity contribution >= 4 is 32.9 Å². The van der Waals surface area contributed by atoms with E-state index in [9.17, 15) is 27.7 Å². The SMILES string of the molecule is CCN(C)S(=O)(=O)Nc1ccc(F)c(Oc2ccc3ncn(C4CCC5(CCN(C(=O)OC(C)(C)C)CC5)C4)c(=O)c3c2F)c1C#N. The van der Waals surface area contributed by atoms with E-state index in [-0.39, 0.29) is 40.7 Å². The number of hydrogen-bond acceptors (Lipinski definition) is 8. The van der Waals surface area contributed by atoms with E-state index in [0.29, 0.717) is 25.9 Å². The predicted octanol–water partition coefficient (Wildman–Crippen LogP) is 5.69. The fourth-order valence-corrected chi connectivity index (χ4v) is 7.15. The number of anilines is 1. The van der Waals surface area contributed by atoms with Gasteiger partial charge in [0.25, 0.3) is 5.56 Å². The van der Waals surface area contributed by atoms with E-state index >= 15 is 4.39 Å². The molecule has 2 heterocycles. The van der Waals surface area contributed by atoms with Gasteiger partial charge >= 0.3 is 16.3 Å². The molecule has 2 aromatic carbocycles. The molecule has 1 atom stereocenters. The quantitative estimate of drug-likeness (QED) is 0.337. The van der Waals surface area contributed by atoms with E-state index in [1.807, 2.05) is 20.8 Å². The molecule has 1 aromatic heterocycles. The third kappa shape index (κ3) is 6.89. The van der Waals surface area contributed by atoms with Gasteiger partial charge < -0.3 is 14.4 Å². The van der Waals surface area contributed by atoms with Crippen molar-refractivity contribution in [3.63, 3.8) is 0 Å². The minimum absolute atomic E-state index is 0.0690. The van der Waals surface area contributed by atoms with Crippen LogP contribution in [-0.2, 0) is 14.9 Å². The normalized spacial score (nSPS) is 18.0. The number of nitrogens with one attached hydrogen (secondary N) is 1. The smallest absolute Gasteiger partial charge is 0.410 e. The fourth-order valence-electron chi connectivity index (χ4n) is 6.21. The van der Waals surface area contributed by atoms with Crippen molar-refractivity contribution in [2.75, 3.05) is 31.4 Å². The molecule has 5 rings (SSSR count). The molecule has 1 N–H and O–H groups in total. The molecule has 2 fully saturated rings. The van der Waals surface area contributed by atoms with E-state index in [1.54, 1.807) is 17.9 Å². The number of aromatic nitrogens is 2. The monoisotopic (exact) mass is 672 g/mol. The Bertz CT molecular complexity index is 1910. The van der Waals surface area contributed by atoms with Crippen LogP contribution in [0.5, 0.6) is 11.5 Å². The highest BCUT2D eigenvalue weighted by atomic mass is 32.2. The second-order valence-electron chi connectivity index (χ2n) is 13.1. The number of ether oxygens (including phenoxy) is 2. The number of piperidine rings is 1. The lowest BCUT2D eigenvalue weighted by Gasteiger charge is -2.40. The van der Waals surface area contributed by atoms with Crippen LogP contribution in [0.25, 0.3) is 10.9 Å². The van der Waals surface area contributed by atoms with Crippen molar-refractivity contribution in [2.24, 2.45) is 5.41 Å². The van der Waals surface area contributed by atoms with Crippen LogP contribution in [-0.4, -0.2) is 65.6 Å². The third-order valence-electron chi connectivity index (χ3n) is 8.93. The Hall–Kier alpha value is -4.29. The average Bonchev–Trinajstić information content (AvgIpc) is 3.41. The van der Waals surface area contributed by atoms with E-state index in [4.69, 9.17) is 9.47 Å². The summed E-state index contributed by atoms with van der Waals surface area (Å²) in [5, 5.41) is 9.45. The molecule has 252 valence electrons. The van der Waals surface area contributed by atoms with E-state index in [1.165, 1.54) is 30.1 Å². The highest BCUT2D eigenvalue weighted by molar-refractivity contribution is 7.90. The number of rotatable bonds is 7. The maximum absolute atomic E-state index is 16.0. The average molecular weight is 673 g/mol. The highest BCUT2D eigenvalue weighted by Gasteiger charge is 2.43. The molecule has 1 saturated carbocycles. The minimum atomic E-state index is -4.07. The zero-order valence-electron chi connectivity index (χ0n) is 27.0. The summed E-state index contributed by atoms with van der Waals surface area (Å²) in [6.45, 7) is 8.30. The van der Waals surface area contributed by atoms with Gasteiger partial charge in [0.05, 0.1) is 17.5 Å². The minimum Gasteiger partial charge on any atom is -0.450 e. The summed E-state index contributed by atoms with van der Waals surface area (Å²) in [6, 6.07) is 5.96. The molecule has 1 aliphatic carbocycles. The Kier molecular flexibility index (Phi) is 9.22. The highest BCUT2D eigenvalue weighted by Crippen LogP contribution is 2.50. The van der Waals surface area contributed by atoms with Crippen molar-refractivity contribution in [1.82, 2.24) is 18.8 Å². The summed E-state index contributed by atoms with van der Waals surface area (Å²) in [5.74, 6) is -3.37. The first kappa shape index (κ1) is 34.1. The van der Waals surface area contributed by atoms with E-state index < -0.39 is 50.1 Å². The van der Waals surface area contributed by atoms with Crippen LogP contribution in [0, 0.1) is 28.4 Å². The van der Waals surface area contributed by atoms with Crippen molar-refractivity contribution in [3.8, 4) is 17.6 Å². The first-order valence-electron chi connectivity index (χ1n) is 15.4. The van der Waals surface area contributed by atoms with E-state index in [2.05, 4.69) is 9.71 Å². The largest absolute Gasteiger partial charge is 0.450 e. The molecule has 12 nitrogen and oxygen atoms in total. The number of fused-ring (bicyclic) bond motifs is 1. The van der Waals surface area contributed by atoms with Gasteiger partial charge in [-0.1, -0.05) is 6.92 Å². The van der Waals surface area contributed by atoms with E-state index in [0.717, 1.165) is 35.7 Å². The maximum Gasteiger partial charge on any atom is 0.410 e. The van der Waals surface area contributed by atoms with Crippen molar-refractivity contribution < 1.29 is 31.5 Å². The van der Waals surface area contributed by atoms with Gasteiger partial charge in [-0.2, -0.15) is 18.0 Å². The number of amides is 1. The topological polar surface area (TPSA) is 147 Å². The number of likely N-dealkylation sites (tertiary alicyclic amines) is 1. The lowest BCUT2D eigenvalue weighted by molar-refractivity contribution is 0.0103. The Morgan fingerprint density at radius 1 is 1.19 bits per heavy atom. The molecular weight excluding hydrogens is 634 g/mol. The summed E-state index contributed by atoms with van der Waals surface area (Å²) < 4.78 is 71.8. The molecule has 1 unspecified atom stereocenters. The molecule has 0 radical (unpaired) electrons. The fraction of sp³-hybridized carbons (Fsp3) is 0.500. The number of halogens is 2. The van der Waals surface area contributed by atoms with Gasteiger partial charge in [0.1, 0.15) is 22.6 Å². The molecule has 1 saturated heterocycles. The zero-order valence-corrected chi connectivity index (χ0v) is 27.8. The van der Waals surface area contributed by atoms with Gasteiger partial charge in [0.2, 0.25) is 0 Å². The summed E-state index contributed by atoms with van der Waals surface area (Å²) in [6.07, 6.45) is 4.73. The van der Waals surface area contributed by atoms with Gasteiger partial charge in [-0.25, -0.2) is 18.6 Å². The second kappa shape index (κ2) is 12.7. The summed E-state index contributed by atoms with van der Waals surface area (Å²) in [4.78, 5) is 32.3. The van der Waals surface area contributed by atoms with Crippen molar-refractivity contribution in [3.05, 3.63) is 58.1 Å². The zero-order chi connectivity index (χ0) is 34.3. The first-order valence-corrected chi connectivity index (χ1v) is 16.8. The summed E-state index contributed by atoms with van der Waals surface area (Å²) >= 11 is 0. The van der Waals surface area contributed by atoms with Crippen LogP contribution in [0.3, 0.4) is 0 Å². The molecule has 0 bridgehead atoms. The lowest BCUT2D eigenvalue weighted by Crippen LogP contribution is -2.44. The van der Waals surface area contributed by atoms with Crippen LogP contribution < -0.4 is 15.0 Å². The van der Waals surface area contributed by atoms with Crippen LogP contribution in [0.2, 0.25) is 0 Å². The van der Waals surface area contributed by atoms with Gasteiger partial charge in [-0.05, 0) is 82.6 Å². The third-order valence-corrected chi connectivity index (χ3v) is 10.5. The standard InChI is InChI=1S/C32H38F2N6O6S/c1-6-38(5)47(43,44)37-23-8-7-22(33)28(21(23)18-35)45-25-10-9-24-26(27(25)34)29(41)40(19-36-24)20-11-12-32(17-20)13-15-39(16-14-32)30(42)46-31(2,3)4/h7-10,19-20,37H,6,11-17H2,1-5H3. The molecule has 1 spiro atoms. The molecule has 2 aliphatic rings. The summed E-state index contributed by atoms with van der Waals surface area (Å²) in [5.41, 5.74) is -1.99. The van der Waals surface area contributed by atoms with Gasteiger partial charge in [0, 0.05) is 32.7 Å². The molecule has 3 aromatic rings. The Morgan fingerprint density at radius 3 is 2.53 bits per heavy atom. The number of nitriles is 1. The Balaban J connectivity index is 1.40. The number of carbonyl (C=O) groups excluding carboxylic acids is 1. The van der Waals surface area contributed by atoms with Gasteiger partial charge in [-0.15, -0.1) is 0 Å². The lowest BCUT2D eigenvalue weighted by atomic mass is 9.77. The molecular formula is C32H38F2N6O6S. The van der Waals surface area contributed by atoms with Gasteiger partial charge in [-0.3, -0.25) is 14.1 Å². The van der Waals surface area contributed by atoms with Crippen molar-refractivity contribution in [1.29, 1.82) is 5.26 Å². The number of benzene rings is 2. The molecule has 1 aliphatic heterocycles. The van der Waals surface area contributed by atoms with Crippen LogP contribution in [0.15, 0.2) is 35.4 Å². The molecule has 47 heavy (non-hydrogen) atoms. The first-order chi connectivity index (χ1) is 22.1. The summed E-state index contributed by atoms with van der Waals surface area (Å²) in [7, 11) is -2.75. The number of hydrogen-bond donors (Lipinski definition) is 1. The van der Waals surface area contributed by atoms with Crippen LogP contribution >= 0.6 is 0 Å². The number of carbonyl (C=O) groups is 1. The van der Waals surface area contributed by atoms with Gasteiger partial charge in [0.15, 0.2) is 23.1 Å². The Morgan fingerprint density at radius 2 is 1.89 bits per heavy atom. The van der Waals surface area contributed by atoms with Crippen LogP contribution in [0.1, 0.15) is 71.4 Å². The molecule has 1 amide bonds. The maximum atomic E-state index is 16.0. The molecule has 15 heteroatoms. The predicted molar refractivity (Wildman–Crippen MR) is 170 cm³/mol. The number of nitrogens with zero attached hydrogens (tertiary/aromatic N) is 5. The second-order valence-corrected chi connectivity index (χ2v) is 14.9. The van der Waals surface area contributed by atoms with Crippen LogP contribution in [0.4, 0.5) is 19.3 Å².